The second-order valence-electron chi connectivity index (χ2n) is 3.50. The van der Waals surface area contributed by atoms with E-state index in [2.05, 4.69) is 0 Å². The van der Waals surface area contributed by atoms with E-state index in [1.807, 2.05) is 10.6 Å². The quantitative estimate of drug-likeness (QED) is 0.515. The Morgan fingerprint density at radius 3 is 1.93 bits per heavy atom. The molecule has 0 atom stereocenters. The van der Waals surface area contributed by atoms with Gasteiger partial charge in [-0.05, 0) is 5.92 Å². The third-order valence-electron chi connectivity index (χ3n) is 2.46. The SMILES string of the molecule is CC(C)C1(CCl)C(=O)NC(=O)NC1=O. The maximum absolute atomic E-state index is 11.5. The van der Waals surface area contributed by atoms with Gasteiger partial charge in [0.1, 0.15) is 5.41 Å². The normalized spacial score (nSPS) is 20.7. The van der Waals surface area contributed by atoms with Crippen LogP contribution >= 0.6 is 11.6 Å². The van der Waals surface area contributed by atoms with Crippen LogP contribution in [-0.4, -0.2) is 23.7 Å². The van der Waals surface area contributed by atoms with Crippen molar-refractivity contribution >= 4 is 29.4 Å². The summed E-state index contributed by atoms with van der Waals surface area (Å²) in [4.78, 5) is 33.9. The van der Waals surface area contributed by atoms with Crippen LogP contribution in [0.5, 0.6) is 0 Å². The molecule has 0 aromatic carbocycles. The molecule has 0 unspecified atom stereocenters. The number of imide groups is 2. The number of halogens is 1. The molecule has 0 spiro atoms. The molecule has 1 fully saturated rings. The number of nitrogens with one attached hydrogen (secondary N) is 2. The minimum atomic E-state index is -1.34. The van der Waals surface area contributed by atoms with Crippen LogP contribution in [-0.2, 0) is 9.59 Å². The molecule has 0 aromatic heterocycles. The summed E-state index contributed by atoms with van der Waals surface area (Å²) in [5.41, 5.74) is -1.34. The summed E-state index contributed by atoms with van der Waals surface area (Å²) in [7, 11) is 0. The van der Waals surface area contributed by atoms with Crippen molar-refractivity contribution in [3.8, 4) is 0 Å². The van der Waals surface area contributed by atoms with E-state index >= 15 is 0 Å². The van der Waals surface area contributed by atoms with Gasteiger partial charge >= 0.3 is 6.03 Å². The van der Waals surface area contributed by atoms with Crippen LogP contribution in [0.15, 0.2) is 0 Å². The standard InChI is InChI=1S/C8H11ClN2O3/c1-4(2)8(3-9)5(12)10-7(14)11-6(8)13/h4H,3H2,1-2H3,(H2,10,11,12,13,14). The lowest BCUT2D eigenvalue weighted by Gasteiger charge is -2.35. The average molecular weight is 219 g/mol. The van der Waals surface area contributed by atoms with Gasteiger partial charge in [0.05, 0.1) is 0 Å². The van der Waals surface area contributed by atoms with Crippen molar-refractivity contribution in [1.82, 2.24) is 10.6 Å². The molecule has 0 radical (unpaired) electrons. The van der Waals surface area contributed by atoms with E-state index in [1.165, 1.54) is 0 Å². The van der Waals surface area contributed by atoms with Gasteiger partial charge in [-0.25, -0.2) is 4.79 Å². The van der Waals surface area contributed by atoms with Crippen LogP contribution in [0.25, 0.3) is 0 Å². The van der Waals surface area contributed by atoms with E-state index in [-0.39, 0.29) is 11.8 Å². The smallest absolute Gasteiger partial charge is 0.277 e. The molecular formula is C8H11ClN2O3. The van der Waals surface area contributed by atoms with Crippen LogP contribution in [0.1, 0.15) is 13.8 Å². The highest BCUT2D eigenvalue weighted by molar-refractivity contribution is 6.27. The van der Waals surface area contributed by atoms with Crippen molar-refractivity contribution in [1.29, 1.82) is 0 Å². The average Bonchev–Trinajstić information content (AvgIpc) is 2.03. The fraction of sp³-hybridized carbons (Fsp3) is 0.625. The lowest BCUT2D eigenvalue weighted by atomic mass is 9.76. The minimum Gasteiger partial charge on any atom is -0.277 e. The third-order valence-corrected chi connectivity index (χ3v) is 2.88. The van der Waals surface area contributed by atoms with Gasteiger partial charge in [-0.3, -0.25) is 20.2 Å². The van der Waals surface area contributed by atoms with Gasteiger partial charge < -0.3 is 0 Å². The Hall–Kier alpha value is -1.10. The van der Waals surface area contributed by atoms with Crippen molar-refractivity contribution < 1.29 is 14.4 Å². The van der Waals surface area contributed by atoms with E-state index in [0.717, 1.165) is 0 Å². The van der Waals surface area contributed by atoms with Gasteiger partial charge in [-0.2, -0.15) is 0 Å². The Kier molecular flexibility index (Phi) is 2.80. The second-order valence-corrected chi connectivity index (χ2v) is 3.76. The zero-order valence-electron chi connectivity index (χ0n) is 7.89. The van der Waals surface area contributed by atoms with E-state index in [9.17, 15) is 14.4 Å². The van der Waals surface area contributed by atoms with Crippen molar-refractivity contribution in [3.05, 3.63) is 0 Å². The van der Waals surface area contributed by atoms with Gasteiger partial charge in [-0.15, -0.1) is 11.6 Å². The molecule has 0 aliphatic carbocycles. The number of rotatable bonds is 2. The highest BCUT2D eigenvalue weighted by Gasteiger charge is 2.51. The first-order chi connectivity index (χ1) is 6.45. The third kappa shape index (κ3) is 1.37. The number of carbonyl (C=O) groups excluding carboxylic acids is 3. The first-order valence-corrected chi connectivity index (χ1v) is 4.71. The molecule has 1 aliphatic rings. The molecule has 0 saturated carbocycles. The maximum Gasteiger partial charge on any atom is 0.328 e. The van der Waals surface area contributed by atoms with E-state index in [1.54, 1.807) is 13.8 Å². The molecule has 78 valence electrons. The molecule has 6 heteroatoms. The highest BCUT2D eigenvalue weighted by atomic mass is 35.5. The van der Waals surface area contributed by atoms with Crippen LogP contribution in [0.4, 0.5) is 4.79 Å². The summed E-state index contributed by atoms with van der Waals surface area (Å²) in [6.45, 7) is 3.41. The van der Waals surface area contributed by atoms with E-state index in [4.69, 9.17) is 11.6 Å². The van der Waals surface area contributed by atoms with Crippen LogP contribution in [0.2, 0.25) is 0 Å². The fourth-order valence-corrected chi connectivity index (χ4v) is 1.92. The molecule has 2 N–H and O–H groups in total. The lowest BCUT2D eigenvalue weighted by Crippen LogP contribution is -2.65. The van der Waals surface area contributed by atoms with Crippen molar-refractivity contribution in [3.63, 3.8) is 0 Å². The van der Waals surface area contributed by atoms with Crippen LogP contribution in [0.3, 0.4) is 0 Å². The number of urea groups is 1. The summed E-state index contributed by atoms with van der Waals surface area (Å²) in [6, 6.07) is -0.790. The first-order valence-electron chi connectivity index (χ1n) is 4.18. The zero-order chi connectivity index (χ0) is 10.9. The summed E-state index contributed by atoms with van der Waals surface area (Å²) in [5.74, 6) is -1.67. The highest BCUT2D eigenvalue weighted by Crippen LogP contribution is 2.31. The molecule has 0 aromatic rings. The van der Waals surface area contributed by atoms with Crippen molar-refractivity contribution in [2.75, 3.05) is 5.88 Å². The molecule has 1 aliphatic heterocycles. The molecule has 1 saturated heterocycles. The zero-order valence-corrected chi connectivity index (χ0v) is 8.64. The molecule has 5 nitrogen and oxygen atoms in total. The second kappa shape index (κ2) is 3.57. The first kappa shape index (κ1) is 11.0. The molecule has 0 bridgehead atoms. The van der Waals surface area contributed by atoms with E-state index in [0.29, 0.717) is 0 Å². The van der Waals surface area contributed by atoms with Crippen molar-refractivity contribution in [2.45, 2.75) is 13.8 Å². The number of carbonyl (C=O) groups is 3. The predicted molar refractivity (Wildman–Crippen MR) is 49.7 cm³/mol. The molecule has 1 rings (SSSR count). The Labute approximate surface area is 86.2 Å². The van der Waals surface area contributed by atoms with Gasteiger partial charge in [0, 0.05) is 5.88 Å². The Morgan fingerprint density at radius 2 is 1.64 bits per heavy atom. The number of hydrogen-bond acceptors (Lipinski definition) is 3. The summed E-state index contributed by atoms with van der Waals surface area (Å²) >= 11 is 5.64. The monoisotopic (exact) mass is 218 g/mol. The van der Waals surface area contributed by atoms with Gasteiger partial charge in [-0.1, -0.05) is 13.8 Å². The van der Waals surface area contributed by atoms with E-state index < -0.39 is 23.3 Å². The van der Waals surface area contributed by atoms with Gasteiger partial charge in [0.15, 0.2) is 0 Å². The van der Waals surface area contributed by atoms with Crippen LogP contribution in [0, 0.1) is 11.3 Å². The van der Waals surface area contributed by atoms with Gasteiger partial charge in [0.2, 0.25) is 11.8 Å². The predicted octanol–water partition coefficient (Wildman–Crippen LogP) is 0.234. The number of amides is 4. The summed E-state index contributed by atoms with van der Waals surface area (Å²) in [6.07, 6.45) is 0. The Bertz CT molecular complexity index is 281. The van der Waals surface area contributed by atoms with Gasteiger partial charge in [0.25, 0.3) is 0 Å². The molecule has 4 amide bonds. The fourth-order valence-electron chi connectivity index (χ4n) is 1.36. The Balaban J connectivity index is 3.11. The van der Waals surface area contributed by atoms with Crippen LogP contribution < -0.4 is 10.6 Å². The van der Waals surface area contributed by atoms with Crippen molar-refractivity contribution in [2.24, 2.45) is 11.3 Å². The summed E-state index contributed by atoms with van der Waals surface area (Å²) < 4.78 is 0. The lowest BCUT2D eigenvalue weighted by molar-refractivity contribution is -0.145. The number of alkyl halides is 1. The maximum atomic E-state index is 11.5. The number of hydrogen-bond donors (Lipinski definition) is 2. The minimum absolute atomic E-state index is 0.143. The largest absolute Gasteiger partial charge is 0.328 e. The topological polar surface area (TPSA) is 75.3 Å². The summed E-state index contributed by atoms with van der Waals surface area (Å²) in [5, 5.41) is 4.08. The molecule has 1 heterocycles. The molecule has 14 heavy (non-hydrogen) atoms. The number of barbiturate groups is 1. The Morgan fingerprint density at radius 1 is 1.21 bits per heavy atom. The molecular weight excluding hydrogens is 208 g/mol.